The average molecular weight is 549 g/mol. The van der Waals surface area contributed by atoms with Gasteiger partial charge < -0.3 is 34.3 Å². The van der Waals surface area contributed by atoms with Crippen LogP contribution in [0.1, 0.15) is 73.6 Å². The van der Waals surface area contributed by atoms with E-state index in [1.54, 1.807) is 0 Å². The Kier molecular flexibility index (Phi) is 15.0. The zero-order valence-electron chi connectivity index (χ0n) is 22.4. The molecule has 1 saturated heterocycles. The third-order valence-electron chi connectivity index (χ3n) is 5.20. The van der Waals surface area contributed by atoms with Gasteiger partial charge in [-0.1, -0.05) is 33.1 Å². The molecule has 37 heavy (non-hydrogen) atoms. The highest BCUT2D eigenvalue weighted by atomic mass is 32.2. The number of thioether (sulfide) groups is 1. The van der Waals surface area contributed by atoms with Crippen LogP contribution in [0.3, 0.4) is 0 Å². The van der Waals surface area contributed by atoms with Gasteiger partial charge in [0.15, 0.2) is 12.2 Å². The number of hydrogen-bond donors (Lipinski definition) is 2. The lowest BCUT2D eigenvalue weighted by Gasteiger charge is -2.45. The molecule has 2 amide bonds. The highest BCUT2D eigenvalue weighted by molar-refractivity contribution is 8.00. The van der Waals surface area contributed by atoms with Crippen molar-refractivity contribution in [3.8, 4) is 0 Å². The van der Waals surface area contributed by atoms with Gasteiger partial charge in [-0.2, -0.15) is 0 Å². The van der Waals surface area contributed by atoms with E-state index in [-0.39, 0.29) is 13.2 Å². The molecule has 6 atom stereocenters. The normalized spacial score (nSPS) is 23.8. The van der Waals surface area contributed by atoms with E-state index in [0.717, 1.165) is 25.7 Å². The van der Waals surface area contributed by atoms with Gasteiger partial charge in [-0.05, 0) is 12.8 Å². The molecule has 0 aromatic carbocycles. The summed E-state index contributed by atoms with van der Waals surface area (Å²) < 4.78 is 27.5. The van der Waals surface area contributed by atoms with Gasteiger partial charge in [-0.3, -0.25) is 19.2 Å². The van der Waals surface area contributed by atoms with E-state index in [1.807, 2.05) is 13.8 Å². The topological polar surface area (TPSA) is 156 Å². The lowest BCUT2D eigenvalue weighted by Crippen LogP contribution is -2.65. The molecule has 0 saturated carbocycles. The van der Waals surface area contributed by atoms with E-state index in [1.165, 1.54) is 39.5 Å². The fourth-order valence-electron chi connectivity index (χ4n) is 3.61. The van der Waals surface area contributed by atoms with Crippen LogP contribution in [0.5, 0.6) is 0 Å². The Morgan fingerprint density at radius 1 is 0.865 bits per heavy atom. The summed E-state index contributed by atoms with van der Waals surface area (Å²) in [6, 6.07) is -0.952. The molecule has 0 bridgehead atoms. The maximum Gasteiger partial charge on any atom is 0.408 e. The van der Waals surface area contributed by atoms with E-state index >= 15 is 0 Å². The predicted molar refractivity (Wildman–Crippen MR) is 134 cm³/mol. The van der Waals surface area contributed by atoms with Crippen molar-refractivity contribution in [3.05, 3.63) is 0 Å². The van der Waals surface area contributed by atoms with Crippen LogP contribution >= 0.6 is 11.8 Å². The first-order valence-corrected chi connectivity index (χ1v) is 13.4. The first-order chi connectivity index (χ1) is 17.5. The number of rotatable bonds is 14. The summed E-state index contributed by atoms with van der Waals surface area (Å²) in [6.07, 6.45) is -0.0965. The fraction of sp³-hybridized carbons (Fsp3) is 0.792. The number of unbranched alkanes of at least 4 members (excludes halogenated alkanes) is 2. The van der Waals surface area contributed by atoms with Crippen LogP contribution in [0.15, 0.2) is 0 Å². The van der Waals surface area contributed by atoms with E-state index in [2.05, 4.69) is 10.6 Å². The third-order valence-corrected chi connectivity index (χ3v) is 6.55. The lowest BCUT2D eigenvalue weighted by molar-refractivity contribution is -0.211. The van der Waals surface area contributed by atoms with Crippen molar-refractivity contribution in [2.45, 2.75) is 109 Å². The summed E-state index contributed by atoms with van der Waals surface area (Å²) in [5, 5.41) is 5.08. The Morgan fingerprint density at radius 3 is 2.03 bits per heavy atom. The van der Waals surface area contributed by atoms with E-state index < -0.39 is 65.1 Å². The Hall–Kier alpha value is -2.54. The van der Waals surface area contributed by atoms with Crippen LogP contribution in [-0.4, -0.2) is 78.3 Å². The zero-order valence-corrected chi connectivity index (χ0v) is 23.2. The van der Waals surface area contributed by atoms with Crippen LogP contribution in [0.2, 0.25) is 0 Å². The van der Waals surface area contributed by atoms with Crippen LogP contribution < -0.4 is 10.6 Å². The summed E-state index contributed by atoms with van der Waals surface area (Å²) in [4.78, 5) is 59.9. The Balaban J connectivity index is 3.31. The van der Waals surface area contributed by atoms with Gasteiger partial charge in [0.25, 0.3) is 0 Å². The van der Waals surface area contributed by atoms with Gasteiger partial charge >= 0.3 is 24.0 Å². The molecule has 212 valence electrons. The van der Waals surface area contributed by atoms with Crippen molar-refractivity contribution in [2.75, 3.05) is 13.2 Å². The van der Waals surface area contributed by atoms with Gasteiger partial charge in [0.2, 0.25) is 5.91 Å². The molecule has 2 N–H and O–H groups in total. The van der Waals surface area contributed by atoms with E-state index in [4.69, 9.17) is 23.7 Å². The molecular formula is C24H40N2O10S. The molecule has 0 aromatic rings. The summed E-state index contributed by atoms with van der Waals surface area (Å²) >= 11 is 1.19. The number of alkyl carbamates (subject to hydrolysis) is 1. The largest absolute Gasteiger partial charge is 0.463 e. The first kappa shape index (κ1) is 32.5. The minimum Gasteiger partial charge on any atom is -0.463 e. The molecule has 0 radical (unpaired) electrons. The van der Waals surface area contributed by atoms with Crippen molar-refractivity contribution < 1.29 is 47.7 Å². The molecule has 1 aliphatic heterocycles. The second-order valence-electron chi connectivity index (χ2n) is 8.62. The first-order valence-electron chi connectivity index (χ1n) is 12.5. The van der Waals surface area contributed by atoms with Crippen molar-refractivity contribution in [3.63, 3.8) is 0 Å². The van der Waals surface area contributed by atoms with Crippen LogP contribution in [0.25, 0.3) is 0 Å². The number of nitrogens with one attached hydrogen (secondary N) is 2. The smallest absolute Gasteiger partial charge is 0.408 e. The highest BCUT2D eigenvalue weighted by Gasteiger charge is 2.51. The highest BCUT2D eigenvalue weighted by Crippen LogP contribution is 2.35. The quantitative estimate of drug-likeness (QED) is 0.142. The Labute approximate surface area is 222 Å². The van der Waals surface area contributed by atoms with Gasteiger partial charge in [-0.25, -0.2) is 4.79 Å². The maximum absolute atomic E-state index is 12.4. The van der Waals surface area contributed by atoms with Crippen molar-refractivity contribution in [1.82, 2.24) is 10.6 Å². The number of carbonyl (C=O) groups is 5. The monoisotopic (exact) mass is 548 g/mol. The van der Waals surface area contributed by atoms with Crippen molar-refractivity contribution >= 4 is 41.7 Å². The number of amides is 2. The van der Waals surface area contributed by atoms with Gasteiger partial charge in [0, 0.05) is 27.7 Å². The van der Waals surface area contributed by atoms with Gasteiger partial charge in [-0.15, -0.1) is 11.8 Å². The SMILES string of the molecule is CCCCOC(=O)NC(CCCC)S[C@@H]1OC(COC(C)=O)[C@H](OC(C)=O)C(OC(C)=O)C1NC(C)=O. The minimum absolute atomic E-state index is 0.283. The van der Waals surface area contributed by atoms with Gasteiger partial charge in [0.1, 0.15) is 24.2 Å². The fourth-order valence-corrected chi connectivity index (χ4v) is 5.00. The second-order valence-corrected chi connectivity index (χ2v) is 9.93. The minimum atomic E-state index is -1.17. The van der Waals surface area contributed by atoms with Crippen LogP contribution in [-0.2, 0) is 42.9 Å². The number of ether oxygens (including phenoxy) is 5. The zero-order chi connectivity index (χ0) is 28.0. The third kappa shape index (κ3) is 12.5. The second kappa shape index (κ2) is 17.1. The molecule has 1 rings (SSSR count). The summed E-state index contributed by atoms with van der Waals surface area (Å²) in [7, 11) is 0. The maximum atomic E-state index is 12.4. The Bertz CT molecular complexity index is 781. The van der Waals surface area contributed by atoms with Gasteiger partial charge in [0.05, 0.1) is 12.0 Å². The standard InChI is InChI=1S/C24H40N2O10S/c1-7-9-11-19(26-24(31)32-12-10-8-2)37-23-20(25-14(3)27)22(35-17(6)30)21(34-16(5)29)18(36-23)13-33-15(4)28/h18-23H,7-13H2,1-6H3,(H,25,27)(H,26,31)/t18?,19?,20?,21-,22?,23-/m0/s1. The molecule has 0 aliphatic carbocycles. The van der Waals surface area contributed by atoms with Crippen molar-refractivity contribution in [1.29, 1.82) is 0 Å². The van der Waals surface area contributed by atoms with Crippen LogP contribution in [0, 0.1) is 0 Å². The molecule has 0 spiro atoms. The lowest BCUT2D eigenvalue weighted by atomic mass is 9.97. The molecule has 4 unspecified atom stereocenters. The average Bonchev–Trinajstić information content (AvgIpc) is 2.79. The number of carbonyl (C=O) groups excluding carboxylic acids is 5. The number of hydrogen-bond acceptors (Lipinski definition) is 11. The van der Waals surface area contributed by atoms with Crippen LogP contribution in [0.4, 0.5) is 4.79 Å². The molecule has 1 heterocycles. The van der Waals surface area contributed by atoms with E-state index in [0.29, 0.717) is 6.42 Å². The summed E-state index contributed by atoms with van der Waals surface area (Å²) in [5.74, 6) is -2.37. The molecule has 1 aliphatic rings. The predicted octanol–water partition coefficient (Wildman–Crippen LogP) is 2.42. The number of esters is 3. The molecule has 0 aromatic heterocycles. The summed E-state index contributed by atoms with van der Waals surface area (Å²) in [5.41, 5.74) is -0.876. The van der Waals surface area contributed by atoms with Crippen molar-refractivity contribution in [2.24, 2.45) is 0 Å². The molecule has 13 heteroatoms. The summed E-state index contributed by atoms with van der Waals surface area (Å²) in [6.45, 7) is 8.85. The van der Waals surface area contributed by atoms with E-state index in [9.17, 15) is 24.0 Å². The molecule has 12 nitrogen and oxygen atoms in total. The molecular weight excluding hydrogens is 508 g/mol. The Morgan fingerprint density at radius 2 is 1.49 bits per heavy atom. The molecule has 1 fully saturated rings.